The van der Waals surface area contributed by atoms with Crippen LogP contribution in [0.1, 0.15) is 23.2 Å². The molecule has 1 aromatic rings. The average Bonchev–Trinajstić information content (AvgIpc) is 2.90. The predicted molar refractivity (Wildman–Crippen MR) is 52.0 cm³/mol. The minimum absolute atomic E-state index is 0. The molecule has 2 rings (SSSR count). The number of carbonyl (C=O) groups excluding carboxylic acids is 1. The Hall–Kier alpha value is -1.09. The number of nitrogens with one attached hydrogen (secondary N) is 1. The van der Waals surface area contributed by atoms with Crippen molar-refractivity contribution in [2.75, 3.05) is 0 Å². The lowest BCUT2D eigenvalue weighted by molar-refractivity contribution is 0.0951. The number of carbonyl (C=O) groups is 1. The number of halogens is 1. The number of rotatable bonds is 2. The van der Waals surface area contributed by atoms with Crippen LogP contribution >= 0.6 is 12.4 Å². The maximum atomic E-state index is 11.4. The van der Waals surface area contributed by atoms with Gasteiger partial charge in [-0.25, -0.2) is 0 Å². The van der Waals surface area contributed by atoms with Crippen LogP contribution in [-0.2, 0) is 0 Å². The molecular weight excluding hydrogens is 188 g/mol. The smallest absolute Gasteiger partial charge is 0.251 e. The normalized spacial score (nSPS) is 14.5. The highest BCUT2D eigenvalue weighted by atomic mass is 35.5. The van der Waals surface area contributed by atoms with E-state index in [9.17, 15) is 4.79 Å². The Morgan fingerprint density at radius 3 is 2.54 bits per heavy atom. The number of nitrogens with zero attached hydrogens (tertiary/aromatic N) is 1. The zero-order valence-electron chi connectivity index (χ0n) is 7.06. The molecule has 0 aliphatic heterocycles. The monoisotopic (exact) mass is 198 g/mol. The van der Waals surface area contributed by atoms with E-state index in [1.54, 1.807) is 24.5 Å². The Bertz CT molecular complexity index is 285. The summed E-state index contributed by atoms with van der Waals surface area (Å²) in [5.41, 5.74) is 0.692. The fourth-order valence-electron chi connectivity index (χ4n) is 1.000. The molecule has 13 heavy (non-hydrogen) atoms. The van der Waals surface area contributed by atoms with Gasteiger partial charge in [0, 0.05) is 24.0 Å². The van der Waals surface area contributed by atoms with E-state index < -0.39 is 0 Å². The van der Waals surface area contributed by atoms with Crippen molar-refractivity contribution in [1.29, 1.82) is 0 Å². The highest BCUT2D eigenvalue weighted by molar-refractivity contribution is 5.94. The van der Waals surface area contributed by atoms with Gasteiger partial charge >= 0.3 is 0 Å². The van der Waals surface area contributed by atoms with Crippen LogP contribution in [0.25, 0.3) is 0 Å². The Morgan fingerprint density at radius 1 is 1.38 bits per heavy atom. The second-order valence-electron chi connectivity index (χ2n) is 2.98. The van der Waals surface area contributed by atoms with E-state index in [-0.39, 0.29) is 18.3 Å². The topological polar surface area (TPSA) is 42.0 Å². The zero-order valence-corrected chi connectivity index (χ0v) is 7.88. The lowest BCUT2D eigenvalue weighted by atomic mass is 10.2. The second-order valence-corrected chi connectivity index (χ2v) is 2.98. The third-order valence-electron chi connectivity index (χ3n) is 1.86. The van der Waals surface area contributed by atoms with Crippen molar-refractivity contribution in [1.82, 2.24) is 10.3 Å². The first kappa shape index (κ1) is 9.99. The van der Waals surface area contributed by atoms with E-state index in [2.05, 4.69) is 10.3 Å². The predicted octanol–water partition coefficient (Wildman–Crippen LogP) is 1.40. The van der Waals surface area contributed by atoms with Crippen LogP contribution < -0.4 is 5.32 Å². The molecule has 70 valence electrons. The van der Waals surface area contributed by atoms with E-state index in [1.807, 2.05) is 0 Å². The van der Waals surface area contributed by atoms with Crippen molar-refractivity contribution in [3.63, 3.8) is 0 Å². The molecular formula is C9H11ClN2O. The molecule has 1 aromatic heterocycles. The highest BCUT2D eigenvalue weighted by Gasteiger charge is 2.23. The number of hydrogen-bond donors (Lipinski definition) is 1. The summed E-state index contributed by atoms with van der Waals surface area (Å²) in [5, 5.41) is 2.90. The van der Waals surface area contributed by atoms with Gasteiger partial charge in [0.2, 0.25) is 0 Å². The lowest BCUT2D eigenvalue weighted by Crippen LogP contribution is -2.25. The molecule has 1 aliphatic rings. The van der Waals surface area contributed by atoms with E-state index in [0.29, 0.717) is 11.6 Å². The average molecular weight is 199 g/mol. The van der Waals surface area contributed by atoms with Crippen molar-refractivity contribution in [2.24, 2.45) is 0 Å². The standard InChI is InChI=1S/C9H10N2O.ClH/c12-9(11-8-1-2-8)7-3-5-10-6-4-7;/h3-6,8H,1-2H2,(H,11,12);1H. The summed E-state index contributed by atoms with van der Waals surface area (Å²) in [7, 11) is 0. The first-order chi connectivity index (χ1) is 5.86. The third-order valence-corrected chi connectivity index (χ3v) is 1.86. The minimum atomic E-state index is 0. The van der Waals surface area contributed by atoms with Crippen LogP contribution in [0.3, 0.4) is 0 Å². The van der Waals surface area contributed by atoms with Crippen molar-refractivity contribution < 1.29 is 4.79 Å². The zero-order chi connectivity index (χ0) is 8.39. The largest absolute Gasteiger partial charge is 0.349 e. The van der Waals surface area contributed by atoms with Gasteiger partial charge in [0.25, 0.3) is 5.91 Å². The Morgan fingerprint density at radius 2 is 2.00 bits per heavy atom. The Labute approximate surface area is 83.0 Å². The molecule has 0 spiro atoms. The quantitative estimate of drug-likeness (QED) is 0.781. The van der Waals surface area contributed by atoms with Gasteiger partial charge in [-0.2, -0.15) is 0 Å². The molecule has 1 saturated carbocycles. The number of hydrogen-bond acceptors (Lipinski definition) is 2. The van der Waals surface area contributed by atoms with Crippen LogP contribution in [0.2, 0.25) is 0 Å². The molecule has 0 atom stereocenters. The SMILES string of the molecule is Cl.O=C(NC1CC1)c1ccncc1. The third kappa shape index (κ3) is 2.70. The summed E-state index contributed by atoms with van der Waals surface area (Å²) in [5.74, 6) is 0.0138. The van der Waals surface area contributed by atoms with Gasteiger partial charge in [-0.15, -0.1) is 12.4 Å². The summed E-state index contributed by atoms with van der Waals surface area (Å²) in [6.45, 7) is 0. The summed E-state index contributed by atoms with van der Waals surface area (Å²) in [6, 6.07) is 3.86. The molecule has 1 heterocycles. The van der Waals surface area contributed by atoms with E-state index in [0.717, 1.165) is 12.8 Å². The van der Waals surface area contributed by atoms with Crippen molar-refractivity contribution in [3.8, 4) is 0 Å². The fraction of sp³-hybridized carbons (Fsp3) is 0.333. The number of pyridine rings is 1. The van der Waals surface area contributed by atoms with Crippen LogP contribution in [0.15, 0.2) is 24.5 Å². The van der Waals surface area contributed by atoms with E-state index >= 15 is 0 Å². The molecule has 0 bridgehead atoms. The maximum absolute atomic E-state index is 11.4. The van der Waals surface area contributed by atoms with Crippen LogP contribution in [-0.4, -0.2) is 16.9 Å². The van der Waals surface area contributed by atoms with Gasteiger partial charge in [0.1, 0.15) is 0 Å². The number of amides is 1. The number of aromatic nitrogens is 1. The van der Waals surface area contributed by atoms with E-state index in [1.165, 1.54) is 0 Å². The van der Waals surface area contributed by atoms with Gasteiger partial charge in [-0.3, -0.25) is 9.78 Å². The van der Waals surface area contributed by atoms with Gasteiger partial charge < -0.3 is 5.32 Å². The molecule has 0 saturated heterocycles. The molecule has 3 nitrogen and oxygen atoms in total. The van der Waals surface area contributed by atoms with Crippen LogP contribution in [0, 0.1) is 0 Å². The summed E-state index contributed by atoms with van der Waals surface area (Å²) in [4.78, 5) is 15.2. The van der Waals surface area contributed by atoms with Gasteiger partial charge in [-0.05, 0) is 25.0 Å². The summed E-state index contributed by atoms with van der Waals surface area (Å²) < 4.78 is 0. The van der Waals surface area contributed by atoms with E-state index in [4.69, 9.17) is 0 Å². The summed E-state index contributed by atoms with van der Waals surface area (Å²) >= 11 is 0. The Balaban J connectivity index is 0.000000845. The lowest BCUT2D eigenvalue weighted by Gasteiger charge is -2.00. The molecule has 1 N–H and O–H groups in total. The first-order valence-electron chi connectivity index (χ1n) is 4.07. The molecule has 0 aromatic carbocycles. The second kappa shape index (κ2) is 4.23. The summed E-state index contributed by atoms with van der Waals surface area (Å²) in [6.07, 6.45) is 5.50. The van der Waals surface area contributed by atoms with Crippen molar-refractivity contribution in [3.05, 3.63) is 30.1 Å². The van der Waals surface area contributed by atoms with Crippen molar-refractivity contribution in [2.45, 2.75) is 18.9 Å². The maximum Gasteiger partial charge on any atom is 0.251 e. The first-order valence-corrected chi connectivity index (χ1v) is 4.07. The van der Waals surface area contributed by atoms with Gasteiger partial charge in [-0.1, -0.05) is 0 Å². The molecule has 1 fully saturated rings. The van der Waals surface area contributed by atoms with Crippen molar-refractivity contribution >= 4 is 18.3 Å². The molecule has 0 radical (unpaired) electrons. The molecule has 1 amide bonds. The Kier molecular flexibility index (Phi) is 3.25. The van der Waals surface area contributed by atoms with Gasteiger partial charge in [0.15, 0.2) is 0 Å². The van der Waals surface area contributed by atoms with Gasteiger partial charge in [0.05, 0.1) is 0 Å². The van der Waals surface area contributed by atoms with Crippen LogP contribution in [0.5, 0.6) is 0 Å². The highest BCUT2D eigenvalue weighted by Crippen LogP contribution is 2.19. The van der Waals surface area contributed by atoms with Crippen LogP contribution in [0.4, 0.5) is 0 Å². The fourth-order valence-corrected chi connectivity index (χ4v) is 1.000. The molecule has 1 aliphatic carbocycles. The molecule has 4 heteroatoms. The molecule has 0 unspecified atom stereocenters. The minimum Gasteiger partial charge on any atom is -0.349 e.